The summed E-state index contributed by atoms with van der Waals surface area (Å²) in [5.41, 5.74) is 2.27. The van der Waals surface area contributed by atoms with Crippen LogP contribution in [0.5, 0.6) is 0 Å². The molecule has 1 atom stereocenters. The van der Waals surface area contributed by atoms with Gasteiger partial charge in [0.05, 0.1) is 6.04 Å². The standard InChI is InChI=1S/C17H23NOS/c1-12-14-7-4-5-8-15(14)19-16(12)13(2)18-11-17(20-3)9-6-10-17/h4-5,7-8,13,18H,6,9-11H2,1-3H3. The second-order valence-corrected chi connectivity index (χ2v) is 7.21. The molecule has 0 bridgehead atoms. The fourth-order valence-corrected chi connectivity index (χ4v) is 3.99. The summed E-state index contributed by atoms with van der Waals surface area (Å²) in [6.45, 7) is 5.44. The Kier molecular flexibility index (Phi) is 3.83. The number of para-hydroxylation sites is 1. The van der Waals surface area contributed by atoms with Gasteiger partial charge in [0.25, 0.3) is 0 Å². The molecule has 1 aliphatic carbocycles. The number of rotatable bonds is 5. The van der Waals surface area contributed by atoms with Gasteiger partial charge in [-0.15, -0.1) is 0 Å². The van der Waals surface area contributed by atoms with Gasteiger partial charge < -0.3 is 9.73 Å². The van der Waals surface area contributed by atoms with E-state index in [0.29, 0.717) is 4.75 Å². The minimum atomic E-state index is 0.270. The van der Waals surface area contributed by atoms with E-state index >= 15 is 0 Å². The molecule has 0 spiro atoms. The molecule has 3 rings (SSSR count). The van der Waals surface area contributed by atoms with Crippen molar-refractivity contribution < 1.29 is 4.42 Å². The highest BCUT2D eigenvalue weighted by molar-refractivity contribution is 8.00. The third kappa shape index (κ3) is 2.38. The van der Waals surface area contributed by atoms with Gasteiger partial charge in [-0.1, -0.05) is 24.6 Å². The van der Waals surface area contributed by atoms with Crippen LogP contribution in [0.2, 0.25) is 0 Å². The first-order valence-corrected chi connectivity index (χ1v) is 8.64. The molecule has 1 aromatic heterocycles. The Bertz CT molecular complexity index is 595. The first-order chi connectivity index (χ1) is 9.65. The normalized spacial score (nSPS) is 18.9. The lowest BCUT2D eigenvalue weighted by Crippen LogP contribution is -2.44. The van der Waals surface area contributed by atoms with Gasteiger partial charge in [-0.2, -0.15) is 11.8 Å². The van der Waals surface area contributed by atoms with Crippen LogP contribution < -0.4 is 5.32 Å². The zero-order valence-electron chi connectivity index (χ0n) is 12.5. The third-order valence-corrected chi connectivity index (χ3v) is 6.12. The van der Waals surface area contributed by atoms with Crippen LogP contribution in [0.3, 0.4) is 0 Å². The molecule has 1 heterocycles. The summed E-state index contributed by atoms with van der Waals surface area (Å²) in [5, 5.41) is 4.92. The molecule has 0 amide bonds. The summed E-state index contributed by atoms with van der Waals surface area (Å²) in [6, 6.07) is 8.56. The summed E-state index contributed by atoms with van der Waals surface area (Å²) in [4.78, 5) is 0. The zero-order chi connectivity index (χ0) is 14.2. The second-order valence-electron chi connectivity index (χ2n) is 5.93. The zero-order valence-corrected chi connectivity index (χ0v) is 13.3. The number of hydrogen-bond donors (Lipinski definition) is 1. The lowest BCUT2D eigenvalue weighted by atomic mass is 9.84. The van der Waals surface area contributed by atoms with Gasteiger partial charge in [0.1, 0.15) is 11.3 Å². The molecule has 1 fully saturated rings. The molecule has 20 heavy (non-hydrogen) atoms. The summed E-state index contributed by atoms with van der Waals surface area (Å²) >= 11 is 2.01. The van der Waals surface area contributed by atoms with Gasteiger partial charge in [0.2, 0.25) is 0 Å². The van der Waals surface area contributed by atoms with Crippen LogP contribution in [-0.2, 0) is 0 Å². The number of furan rings is 1. The molecule has 2 nitrogen and oxygen atoms in total. The maximum atomic E-state index is 6.04. The molecule has 0 aliphatic heterocycles. The monoisotopic (exact) mass is 289 g/mol. The minimum absolute atomic E-state index is 0.270. The van der Waals surface area contributed by atoms with Gasteiger partial charge in [0, 0.05) is 16.7 Å². The number of thioether (sulfide) groups is 1. The van der Waals surface area contributed by atoms with Crippen LogP contribution in [-0.4, -0.2) is 17.5 Å². The van der Waals surface area contributed by atoms with Gasteiger partial charge >= 0.3 is 0 Å². The molecule has 1 aromatic carbocycles. The average molecular weight is 289 g/mol. The third-order valence-electron chi connectivity index (χ3n) is 4.70. The molecule has 2 aromatic rings. The lowest BCUT2D eigenvalue weighted by molar-refractivity contribution is 0.324. The molecule has 1 aliphatic rings. The Morgan fingerprint density at radius 2 is 2.10 bits per heavy atom. The van der Waals surface area contributed by atoms with E-state index in [4.69, 9.17) is 4.42 Å². The Balaban J connectivity index is 1.75. The summed E-state index contributed by atoms with van der Waals surface area (Å²) in [6.07, 6.45) is 6.29. The molecule has 1 saturated carbocycles. The highest BCUT2D eigenvalue weighted by atomic mass is 32.2. The second kappa shape index (κ2) is 5.45. The minimum Gasteiger partial charge on any atom is -0.459 e. The number of nitrogens with one attached hydrogen (secondary N) is 1. The smallest absolute Gasteiger partial charge is 0.134 e. The van der Waals surface area contributed by atoms with E-state index in [1.165, 1.54) is 30.2 Å². The number of fused-ring (bicyclic) bond motifs is 1. The van der Waals surface area contributed by atoms with Crippen LogP contribution in [0.25, 0.3) is 11.0 Å². The van der Waals surface area contributed by atoms with Crippen LogP contribution in [0, 0.1) is 6.92 Å². The summed E-state index contributed by atoms with van der Waals surface area (Å²) in [7, 11) is 0. The number of hydrogen-bond acceptors (Lipinski definition) is 3. The quantitative estimate of drug-likeness (QED) is 0.865. The molecule has 108 valence electrons. The van der Waals surface area contributed by atoms with Gasteiger partial charge in [-0.05, 0) is 44.6 Å². The van der Waals surface area contributed by atoms with Crippen LogP contribution in [0.4, 0.5) is 0 Å². The van der Waals surface area contributed by atoms with Crippen LogP contribution in [0.1, 0.15) is 43.6 Å². The molecule has 1 N–H and O–H groups in total. The van der Waals surface area contributed by atoms with Crippen molar-refractivity contribution in [3.8, 4) is 0 Å². The van der Waals surface area contributed by atoms with Crippen molar-refractivity contribution in [3.63, 3.8) is 0 Å². The van der Waals surface area contributed by atoms with Gasteiger partial charge in [0.15, 0.2) is 0 Å². The Morgan fingerprint density at radius 3 is 2.70 bits per heavy atom. The Labute approximate surface area is 125 Å². The lowest BCUT2D eigenvalue weighted by Gasteiger charge is -2.41. The average Bonchev–Trinajstić information content (AvgIpc) is 2.76. The van der Waals surface area contributed by atoms with Crippen molar-refractivity contribution in [1.29, 1.82) is 0 Å². The predicted octanol–water partition coefficient (Wildman–Crippen LogP) is 4.68. The summed E-state index contributed by atoms with van der Waals surface area (Å²) < 4.78 is 6.51. The van der Waals surface area contributed by atoms with Crippen molar-refractivity contribution >= 4 is 22.7 Å². The maximum Gasteiger partial charge on any atom is 0.134 e. The fraction of sp³-hybridized carbons (Fsp3) is 0.529. The van der Waals surface area contributed by atoms with Crippen molar-refractivity contribution in [1.82, 2.24) is 5.32 Å². The van der Waals surface area contributed by atoms with Gasteiger partial charge in [-0.25, -0.2) is 0 Å². The van der Waals surface area contributed by atoms with Crippen LogP contribution in [0.15, 0.2) is 28.7 Å². The predicted molar refractivity (Wildman–Crippen MR) is 87.5 cm³/mol. The first kappa shape index (κ1) is 14.0. The van der Waals surface area contributed by atoms with E-state index in [0.717, 1.165) is 17.9 Å². The van der Waals surface area contributed by atoms with Crippen molar-refractivity contribution in [2.45, 2.75) is 43.9 Å². The number of aryl methyl sites for hydroxylation is 1. The SMILES string of the molecule is CSC1(CNC(C)c2oc3ccccc3c2C)CCC1. The number of benzene rings is 1. The Hall–Kier alpha value is -0.930. The highest BCUT2D eigenvalue weighted by Crippen LogP contribution is 2.42. The van der Waals surface area contributed by atoms with Crippen LogP contribution >= 0.6 is 11.8 Å². The first-order valence-electron chi connectivity index (χ1n) is 7.42. The summed E-state index contributed by atoms with van der Waals surface area (Å²) in [5.74, 6) is 1.08. The highest BCUT2D eigenvalue weighted by Gasteiger charge is 2.36. The van der Waals surface area contributed by atoms with E-state index in [2.05, 4.69) is 37.6 Å². The molecule has 0 radical (unpaired) electrons. The molecule has 0 saturated heterocycles. The van der Waals surface area contributed by atoms with E-state index in [-0.39, 0.29) is 6.04 Å². The molecular formula is C17H23NOS. The largest absolute Gasteiger partial charge is 0.459 e. The maximum absolute atomic E-state index is 6.04. The fourth-order valence-electron chi connectivity index (χ4n) is 3.06. The van der Waals surface area contributed by atoms with Gasteiger partial charge in [-0.3, -0.25) is 0 Å². The van der Waals surface area contributed by atoms with Crippen molar-refractivity contribution in [2.75, 3.05) is 12.8 Å². The molecular weight excluding hydrogens is 266 g/mol. The Morgan fingerprint density at radius 1 is 1.35 bits per heavy atom. The van der Waals surface area contributed by atoms with E-state index < -0.39 is 0 Å². The van der Waals surface area contributed by atoms with Crippen molar-refractivity contribution in [2.24, 2.45) is 0 Å². The molecule has 1 unspecified atom stereocenters. The molecule has 3 heteroatoms. The topological polar surface area (TPSA) is 25.2 Å². The van der Waals surface area contributed by atoms with E-state index in [1.54, 1.807) is 0 Å². The van der Waals surface area contributed by atoms with E-state index in [1.807, 2.05) is 23.9 Å². The van der Waals surface area contributed by atoms with Crippen molar-refractivity contribution in [3.05, 3.63) is 35.6 Å². The van der Waals surface area contributed by atoms with E-state index in [9.17, 15) is 0 Å².